The Kier molecular flexibility index (Phi) is 4.92. The molecule has 1 unspecified atom stereocenters. The molecule has 0 aromatic heterocycles. The van der Waals surface area contributed by atoms with E-state index in [1.54, 1.807) is 17.9 Å². The molecule has 24 heavy (non-hydrogen) atoms. The zero-order valence-corrected chi connectivity index (χ0v) is 14.6. The number of hydrogen-bond donors (Lipinski definition) is 1. The zero-order chi connectivity index (χ0) is 17.3. The minimum absolute atomic E-state index is 0.0532. The summed E-state index contributed by atoms with van der Waals surface area (Å²) in [5.74, 6) is -0.133. The summed E-state index contributed by atoms with van der Waals surface area (Å²) in [7, 11) is 0. The molecule has 1 aromatic rings. The smallest absolute Gasteiger partial charge is 0.219 e. The SMILES string of the molecule is CC(=O)N1CC(O)CC2(CCN(Cc3ccc(F)cc3C)CC2)C1. The van der Waals surface area contributed by atoms with E-state index in [1.165, 1.54) is 11.6 Å². The number of likely N-dealkylation sites (tertiary alicyclic amines) is 2. The van der Waals surface area contributed by atoms with Gasteiger partial charge in [-0.05, 0) is 68.0 Å². The lowest BCUT2D eigenvalue weighted by Crippen LogP contribution is -2.54. The number of piperidine rings is 2. The van der Waals surface area contributed by atoms with Crippen molar-refractivity contribution in [3.63, 3.8) is 0 Å². The van der Waals surface area contributed by atoms with Crippen LogP contribution in [-0.4, -0.2) is 53.1 Å². The first-order valence-electron chi connectivity index (χ1n) is 8.78. The normalized spacial score (nSPS) is 24.3. The van der Waals surface area contributed by atoms with Crippen LogP contribution in [0.5, 0.6) is 0 Å². The molecule has 2 fully saturated rings. The average Bonchev–Trinajstić information content (AvgIpc) is 2.51. The molecule has 0 aliphatic carbocycles. The van der Waals surface area contributed by atoms with E-state index >= 15 is 0 Å². The Morgan fingerprint density at radius 3 is 2.71 bits per heavy atom. The van der Waals surface area contributed by atoms with Crippen LogP contribution in [0.15, 0.2) is 18.2 Å². The summed E-state index contributed by atoms with van der Waals surface area (Å²) < 4.78 is 13.2. The Labute approximate surface area is 143 Å². The van der Waals surface area contributed by atoms with Crippen LogP contribution in [0.1, 0.15) is 37.3 Å². The molecule has 1 spiro atoms. The number of rotatable bonds is 2. The molecule has 5 heteroatoms. The molecule has 2 saturated heterocycles. The Morgan fingerprint density at radius 1 is 1.38 bits per heavy atom. The number of carbonyl (C=O) groups excluding carboxylic acids is 1. The highest BCUT2D eigenvalue weighted by Crippen LogP contribution is 2.40. The van der Waals surface area contributed by atoms with Crippen LogP contribution in [0.25, 0.3) is 0 Å². The maximum atomic E-state index is 13.2. The maximum Gasteiger partial charge on any atom is 0.219 e. The van der Waals surface area contributed by atoms with Crippen molar-refractivity contribution < 1.29 is 14.3 Å². The fraction of sp³-hybridized carbons (Fsp3) is 0.632. The van der Waals surface area contributed by atoms with Crippen LogP contribution in [-0.2, 0) is 11.3 Å². The van der Waals surface area contributed by atoms with E-state index in [0.29, 0.717) is 6.54 Å². The number of aliphatic hydroxyl groups excluding tert-OH is 1. The number of amides is 1. The third kappa shape index (κ3) is 3.78. The fourth-order valence-corrected chi connectivity index (χ4v) is 4.22. The summed E-state index contributed by atoms with van der Waals surface area (Å²) >= 11 is 0. The fourth-order valence-electron chi connectivity index (χ4n) is 4.22. The first-order valence-corrected chi connectivity index (χ1v) is 8.78. The summed E-state index contributed by atoms with van der Waals surface area (Å²) in [6.45, 7) is 7.51. The van der Waals surface area contributed by atoms with Crippen molar-refractivity contribution in [3.05, 3.63) is 35.1 Å². The molecule has 1 aromatic carbocycles. The van der Waals surface area contributed by atoms with Crippen LogP contribution < -0.4 is 0 Å². The molecule has 3 rings (SSSR count). The first kappa shape index (κ1) is 17.4. The van der Waals surface area contributed by atoms with E-state index in [4.69, 9.17) is 0 Å². The quantitative estimate of drug-likeness (QED) is 0.903. The van der Waals surface area contributed by atoms with Gasteiger partial charge in [-0.2, -0.15) is 0 Å². The Morgan fingerprint density at radius 2 is 2.08 bits per heavy atom. The van der Waals surface area contributed by atoms with Gasteiger partial charge in [0.25, 0.3) is 0 Å². The van der Waals surface area contributed by atoms with Gasteiger partial charge in [0.15, 0.2) is 0 Å². The second-order valence-corrected chi connectivity index (χ2v) is 7.60. The van der Waals surface area contributed by atoms with Gasteiger partial charge in [0.05, 0.1) is 6.10 Å². The minimum Gasteiger partial charge on any atom is -0.391 e. The summed E-state index contributed by atoms with van der Waals surface area (Å²) in [5, 5.41) is 10.2. The molecule has 2 heterocycles. The largest absolute Gasteiger partial charge is 0.391 e. The van der Waals surface area contributed by atoms with E-state index in [2.05, 4.69) is 4.90 Å². The van der Waals surface area contributed by atoms with E-state index in [-0.39, 0.29) is 17.1 Å². The molecule has 0 bridgehead atoms. The number of β-amino-alcohol motifs (C(OH)–C–C–N with tert-alkyl or cyclic N) is 1. The van der Waals surface area contributed by atoms with E-state index in [0.717, 1.165) is 51.0 Å². The van der Waals surface area contributed by atoms with Gasteiger partial charge in [-0.15, -0.1) is 0 Å². The molecule has 1 atom stereocenters. The molecule has 0 radical (unpaired) electrons. The van der Waals surface area contributed by atoms with Gasteiger partial charge in [0.1, 0.15) is 5.82 Å². The number of nitrogens with zero attached hydrogens (tertiary/aromatic N) is 2. The summed E-state index contributed by atoms with van der Waals surface area (Å²) in [6.07, 6.45) is 2.37. The molecular formula is C19H27FN2O2. The second kappa shape index (κ2) is 6.81. The Hall–Kier alpha value is -1.46. The van der Waals surface area contributed by atoms with Gasteiger partial charge in [-0.25, -0.2) is 4.39 Å². The lowest BCUT2D eigenvalue weighted by Gasteiger charge is -2.49. The van der Waals surface area contributed by atoms with Crippen LogP contribution >= 0.6 is 0 Å². The highest BCUT2D eigenvalue weighted by molar-refractivity contribution is 5.73. The molecule has 2 aliphatic rings. The topological polar surface area (TPSA) is 43.8 Å². The molecule has 0 saturated carbocycles. The molecule has 2 aliphatic heterocycles. The van der Waals surface area contributed by atoms with E-state index in [9.17, 15) is 14.3 Å². The third-order valence-electron chi connectivity index (χ3n) is 5.69. The summed E-state index contributed by atoms with van der Waals surface area (Å²) in [6, 6.07) is 4.98. The molecular weight excluding hydrogens is 307 g/mol. The highest BCUT2D eigenvalue weighted by atomic mass is 19.1. The summed E-state index contributed by atoms with van der Waals surface area (Å²) in [5.41, 5.74) is 2.21. The van der Waals surface area contributed by atoms with Crippen LogP contribution in [0.3, 0.4) is 0 Å². The number of halogens is 1. The monoisotopic (exact) mass is 334 g/mol. The van der Waals surface area contributed by atoms with Crippen LogP contribution in [0.4, 0.5) is 4.39 Å². The molecule has 4 nitrogen and oxygen atoms in total. The van der Waals surface area contributed by atoms with E-state index < -0.39 is 6.10 Å². The number of aryl methyl sites for hydroxylation is 1. The van der Waals surface area contributed by atoms with Crippen molar-refractivity contribution in [2.24, 2.45) is 5.41 Å². The third-order valence-corrected chi connectivity index (χ3v) is 5.69. The van der Waals surface area contributed by atoms with Crippen molar-refractivity contribution in [3.8, 4) is 0 Å². The number of hydrogen-bond acceptors (Lipinski definition) is 3. The predicted molar refractivity (Wildman–Crippen MR) is 91.0 cm³/mol. The van der Waals surface area contributed by atoms with Gasteiger partial charge in [0, 0.05) is 26.6 Å². The number of aliphatic hydroxyl groups is 1. The average molecular weight is 334 g/mol. The van der Waals surface area contributed by atoms with Crippen molar-refractivity contribution >= 4 is 5.91 Å². The number of benzene rings is 1. The van der Waals surface area contributed by atoms with Gasteiger partial charge in [-0.3, -0.25) is 9.69 Å². The second-order valence-electron chi connectivity index (χ2n) is 7.60. The molecule has 1 N–H and O–H groups in total. The van der Waals surface area contributed by atoms with Crippen molar-refractivity contribution in [1.29, 1.82) is 0 Å². The van der Waals surface area contributed by atoms with E-state index in [1.807, 2.05) is 13.0 Å². The lowest BCUT2D eigenvalue weighted by molar-refractivity contribution is -0.138. The highest BCUT2D eigenvalue weighted by Gasteiger charge is 2.42. The van der Waals surface area contributed by atoms with Gasteiger partial charge < -0.3 is 10.0 Å². The molecule has 132 valence electrons. The Balaban J connectivity index is 1.61. The minimum atomic E-state index is -0.409. The van der Waals surface area contributed by atoms with Gasteiger partial charge >= 0.3 is 0 Å². The first-order chi connectivity index (χ1) is 11.4. The standard InChI is InChI=1S/C19H27FN2O2/c1-14-9-17(20)4-3-16(14)11-21-7-5-19(6-8-21)10-18(24)12-22(13-19)15(2)23/h3-4,9,18,24H,5-8,10-13H2,1-2H3. The predicted octanol–water partition coefficient (Wildman–Crippen LogP) is 2.33. The Bertz CT molecular complexity index is 611. The van der Waals surface area contributed by atoms with Crippen molar-refractivity contribution in [2.75, 3.05) is 26.2 Å². The maximum absolute atomic E-state index is 13.2. The van der Waals surface area contributed by atoms with Crippen LogP contribution in [0, 0.1) is 18.2 Å². The van der Waals surface area contributed by atoms with Gasteiger partial charge in [-0.1, -0.05) is 6.07 Å². The van der Waals surface area contributed by atoms with Crippen LogP contribution in [0.2, 0.25) is 0 Å². The van der Waals surface area contributed by atoms with Gasteiger partial charge in [0.2, 0.25) is 5.91 Å². The van der Waals surface area contributed by atoms with Crippen molar-refractivity contribution in [1.82, 2.24) is 9.80 Å². The lowest BCUT2D eigenvalue weighted by atomic mass is 9.71. The van der Waals surface area contributed by atoms with Crippen molar-refractivity contribution in [2.45, 2.75) is 45.8 Å². The molecule has 1 amide bonds. The number of carbonyl (C=O) groups is 1. The summed E-state index contributed by atoms with van der Waals surface area (Å²) in [4.78, 5) is 15.9. The zero-order valence-electron chi connectivity index (χ0n) is 14.6.